The summed E-state index contributed by atoms with van der Waals surface area (Å²) >= 11 is 0. The largest absolute Gasteiger partial charge is 0.481 e. The van der Waals surface area contributed by atoms with E-state index in [1.165, 1.54) is 18.2 Å². The molecule has 1 aliphatic rings. The van der Waals surface area contributed by atoms with Crippen molar-refractivity contribution in [2.24, 2.45) is 5.92 Å². The van der Waals surface area contributed by atoms with Gasteiger partial charge in [-0.2, -0.15) is 0 Å². The first kappa shape index (κ1) is 15.3. The average molecular weight is 295 g/mol. The number of rotatable bonds is 5. The van der Waals surface area contributed by atoms with Gasteiger partial charge in [0.05, 0.1) is 5.92 Å². The van der Waals surface area contributed by atoms with Crippen LogP contribution in [0.1, 0.15) is 25.7 Å². The first-order valence-corrected chi connectivity index (χ1v) is 6.97. The van der Waals surface area contributed by atoms with E-state index in [1.807, 2.05) is 0 Å². The highest BCUT2D eigenvalue weighted by Crippen LogP contribution is 2.24. The Balaban J connectivity index is 1.86. The zero-order valence-electron chi connectivity index (χ0n) is 11.5. The summed E-state index contributed by atoms with van der Waals surface area (Å²) in [5.41, 5.74) is 0. The number of benzene rings is 1. The molecule has 1 aromatic rings. The lowest BCUT2D eigenvalue weighted by Gasteiger charge is -2.29. The predicted molar refractivity (Wildman–Crippen MR) is 73.4 cm³/mol. The molecule has 0 aromatic heterocycles. The van der Waals surface area contributed by atoms with Crippen LogP contribution in [-0.4, -0.2) is 29.6 Å². The number of halogens is 1. The average Bonchev–Trinajstić information content (AvgIpc) is 2.47. The van der Waals surface area contributed by atoms with Crippen molar-refractivity contribution in [1.82, 2.24) is 5.32 Å². The Morgan fingerprint density at radius 3 is 2.71 bits per heavy atom. The quantitative estimate of drug-likeness (QED) is 0.870. The maximum absolute atomic E-state index is 13.3. The predicted octanol–water partition coefficient (Wildman–Crippen LogP) is 1.96. The number of carboxylic acid groups (broad SMARTS) is 1. The van der Waals surface area contributed by atoms with Crippen LogP contribution in [0.25, 0.3) is 0 Å². The van der Waals surface area contributed by atoms with Crippen molar-refractivity contribution in [2.75, 3.05) is 6.61 Å². The third-order valence-corrected chi connectivity index (χ3v) is 3.62. The molecule has 0 saturated heterocycles. The number of carbonyl (C=O) groups is 2. The minimum atomic E-state index is -0.893. The molecule has 0 aliphatic heterocycles. The lowest BCUT2D eigenvalue weighted by molar-refractivity contribution is -0.144. The van der Waals surface area contributed by atoms with Crippen LogP contribution in [-0.2, 0) is 9.59 Å². The Labute approximate surface area is 122 Å². The highest BCUT2D eigenvalue weighted by Gasteiger charge is 2.31. The maximum Gasteiger partial charge on any atom is 0.308 e. The zero-order chi connectivity index (χ0) is 15.2. The fourth-order valence-corrected chi connectivity index (χ4v) is 2.55. The molecule has 1 saturated carbocycles. The fourth-order valence-electron chi connectivity index (χ4n) is 2.55. The molecule has 1 aromatic carbocycles. The molecule has 1 fully saturated rings. The number of nitrogens with one attached hydrogen (secondary N) is 1. The number of hydrogen-bond acceptors (Lipinski definition) is 3. The third-order valence-electron chi connectivity index (χ3n) is 3.62. The van der Waals surface area contributed by atoms with E-state index in [9.17, 15) is 14.0 Å². The molecule has 0 heterocycles. The number of carboxylic acids is 1. The molecule has 2 unspecified atom stereocenters. The van der Waals surface area contributed by atoms with Crippen molar-refractivity contribution in [3.05, 3.63) is 30.1 Å². The zero-order valence-corrected chi connectivity index (χ0v) is 11.5. The van der Waals surface area contributed by atoms with Gasteiger partial charge < -0.3 is 15.2 Å². The van der Waals surface area contributed by atoms with Gasteiger partial charge in [0.15, 0.2) is 18.2 Å². The standard InChI is InChI=1S/C15H18FNO4/c16-11-6-2-4-8-13(11)21-9-14(18)17-12-7-3-1-5-10(12)15(19)20/h2,4,6,8,10,12H,1,3,5,7,9H2,(H,17,18)(H,19,20). The van der Waals surface area contributed by atoms with Crippen LogP contribution in [0.3, 0.4) is 0 Å². The van der Waals surface area contributed by atoms with Gasteiger partial charge in [0.2, 0.25) is 0 Å². The molecule has 5 nitrogen and oxygen atoms in total. The lowest BCUT2D eigenvalue weighted by atomic mass is 9.84. The summed E-state index contributed by atoms with van der Waals surface area (Å²) in [5.74, 6) is -2.42. The molecule has 21 heavy (non-hydrogen) atoms. The van der Waals surface area contributed by atoms with E-state index in [0.29, 0.717) is 12.8 Å². The van der Waals surface area contributed by atoms with Gasteiger partial charge in [-0.1, -0.05) is 25.0 Å². The Hall–Kier alpha value is -2.11. The molecular formula is C15H18FNO4. The SMILES string of the molecule is O=C(COc1ccccc1F)NC1CCCCC1C(=O)O. The molecular weight excluding hydrogens is 277 g/mol. The summed E-state index contributed by atoms with van der Waals surface area (Å²) in [6, 6.07) is 5.44. The summed E-state index contributed by atoms with van der Waals surface area (Å²) < 4.78 is 18.4. The highest BCUT2D eigenvalue weighted by molar-refractivity contribution is 5.79. The molecule has 0 radical (unpaired) electrons. The summed E-state index contributed by atoms with van der Waals surface area (Å²) in [7, 11) is 0. The molecule has 2 rings (SSSR count). The van der Waals surface area contributed by atoms with Crippen LogP contribution in [0.4, 0.5) is 4.39 Å². The number of amides is 1. The summed E-state index contributed by atoms with van der Waals surface area (Å²) in [5, 5.41) is 11.8. The lowest BCUT2D eigenvalue weighted by Crippen LogP contribution is -2.46. The molecule has 0 bridgehead atoms. The van der Waals surface area contributed by atoms with E-state index in [4.69, 9.17) is 9.84 Å². The van der Waals surface area contributed by atoms with Gasteiger partial charge in [0.25, 0.3) is 5.91 Å². The van der Waals surface area contributed by atoms with Crippen LogP contribution in [0.2, 0.25) is 0 Å². The number of ether oxygens (including phenoxy) is 1. The second kappa shape index (κ2) is 7.06. The van der Waals surface area contributed by atoms with E-state index in [-0.39, 0.29) is 18.4 Å². The van der Waals surface area contributed by atoms with Crippen LogP contribution < -0.4 is 10.1 Å². The van der Waals surface area contributed by atoms with Gasteiger partial charge in [-0.3, -0.25) is 9.59 Å². The van der Waals surface area contributed by atoms with Crippen molar-refractivity contribution >= 4 is 11.9 Å². The number of aliphatic carboxylic acids is 1. The van der Waals surface area contributed by atoms with Gasteiger partial charge in [0, 0.05) is 6.04 Å². The van der Waals surface area contributed by atoms with Gasteiger partial charge in [-0.05, 0) is 25.0 Å². The molecule has 2 atom stereocenters. The van der Waals surface area contributed by atoms with E-state index in [1.54, 1.807) is 6.07 Å². The van der Waals surface area contributed by atoms with E-state index in [2.05, 4.69) is 5.32 Å². The summed E-state index contributed by atoms with van der Waals surface area (Å²) in [4.78, 5) is 23.0. The number of para-hydroxylation sites is 1. The van der Waals surface area contributed by atoms with Crippen LogP contribution in [0.5, 0.6) is 5.75 Å². The molecule has 0 spiro atoms. The van der Waals surface area contributed by atoms with E-state index in [0.717, 1.165) is 12.8 Å². The topological polar surface area (TPSA) is 75.6 Å². The first-order valence-electron chi connectivity index (χ1n) is 6.97. The molecule has 1 aliphatic carbocycles. The van der Waals surface area contributed by atoms with Gasteiger partial charge in [-0.15, -0.1) is 0 Å². The summed E-state index contributed by atoms with van der Waals surface area (Å²) in [6.45, 7) is -0.330. The summed E-state index contributed by atoms with van der Waals surface area (Å²) in [6.07, 6.45) is 2.95. The normalized spacial score (nSPS) is 21.6. The van der Waals surface area contributed by atoms with Crippen molar-refractivity contribution in [3.8, 4) is 5.75 Å². The number of carbonyl (C=O) groups excluding carboxylic acids is 1. The molecule has 2 N–H and O–H groups in total. The molecule has 1 amide bonds. The van der Waals surface area contributed by atoms with E-state index >= 15 is 0 Å². The Bertz CT molecular complexity index is 520. The monoisotopic (exact) mass is 295 g/mol. The Morgan fingerprint density at radius 2 is 2.00 bits per heavy atom. The smallest absolute Gasteiger partial charge is 0.308 e. The maximum atomic E-state index is 13.3. The van der Waals surface area contributed by atoms with E-state index < -0.39 is 23.6 Å². The van der Waals surface area contributed by atoms with Crippen molar-refractivity contribution in [1.29, 1.82) is 0 Å². The van der Waals surface area contributed by atoms with Crippen LogP contribution in [0, 0.1) is 11.7 Å². The second-order valence-electron chi connectivity index (χ2n) is 5.12. The highest BCUT2D eigenvalue weighted by atomic mass is 19.1. The van der Waals surface area contributed by atoms with Crippen molar-refractivity contribution in [3.63, 3.8) is 0 Å². The van der Waals surface area contributed by atoms with Crippen LogP contribution >= 0.6 is 0 Å². The van der Waals surface area contributed by atoms with Gasteiger partial charge >= 0.3 is 5.97 Å². The Morgan fingerprint density at radius 1 is 1.29 bits per heavy atom. The fraction of sp³-hybridized carbons (Fsp3) is 0.467. The third kappa shape index (κ3) is 4.18. The number of hydrogen-bond donors (Lipinski definition) is 2. The Kier molecular flexibility index (Phi) is 5.14. The van der Waals surface area contributed by atoms with Gasteiger partial charge in [-0.25, -0.2) is 4.39 Å². The van der Waals surface area contributed by atoms with Crippen LogP contribution in [0.15, 0.2) is 24.3 Å². The van der Waals surface area contributed by atoms with Crippen molar-refractivity contribution in [2.45, 2.75) is 31.7 Å². The van der Waals surface area contributed by atoms with Gasteiger partial charge in [0.1, 0.15) is 0 Å². The second-order valence-corrected chi connectivity index (χ2v) is 5.12. The molecule has 114 valence electrons. The minimum absolute atomic E-state index is 0.00563. The van der Waals surface area contributed by atoms with Crippen molar-refractivity contribution < 1.29 is 23.8 Å². The molecule has 6 heteroatoms. The first-order chi connectivity index (χ1) is 10.1. The minimum Gasteiger partial charge on any atom is -0.481 e.